The largest absolute Gasteiger partial charge is 0.480 e. The van der Waals surface area contributed by atoms with Crippen LogP contribution in [0.2, 0.25) is 0 Å². The van der Waals surface area contributed by atoms with Gasteiger partial charge in [-0.25, -0.2) is 9.59 Å². The number of rotatable bonds is 6. The minimum Gasteiger partial charge on any atom is -0.480 e. The van der Waals surface area contributed by atoms with Crippen molar-refractivity contribution in [1.82, 2.24) is 5.32 Å². The molecule has 0 aliphatic carbocycles. The van der Waals surface area contributed by atoms with Gasteiger partial charge in [-0.2, -0.15) is 0 Å². The van der Waals surface area contributed by atoms with Gasteiger partial charge in [-0.1, -0.05) is 12.1 Å². The Kier molecular flexibility index (Phi) is 5.45. The van der Waals surface area contributed by atoms with E-state index >= 15 is 0 Å². The van der Waals surface area contributed by atoms with Gasteiger partial charge >= 0.3 is 12.1 Å². The van der Waals surface area contributed by atoms with Gasteiger partial charge in [0.25, 0.3) is 5.69 Å². The number of hydrogen-bond donors (Lipinski definition) is 2. The second kappa shape index (κ2) is 7.07. The number of nitro benzene ring substituents is 1. The van der Waals surface area contributed by atoms with Crippen LogP contribution in [0.3, 0.4) is 0 Å². The van der Waals surface area contributed by atoms with Crippen LogP contribution in [-0.2, 0) is 16.0 Å². The first-order valence-corrected chi connectivity index (χ1v) is 5.83. The summed E-state index contributed by atoms with van der Waals surface area (Å²) in [7, 11) is 0. The van der Waals surface area contributed by atoms with E-state index in [1.165, 1.54) is 24.3 Å². The van der Waals surface area contributed by atoms with Gasteiger partial charge in [0.05, 0.1) is 11.5 Å². The van der Waals surface area contributed by atoms with Crippen LogP contribution in [0.1, 0.15) is 12.5 Å². The van der Waals surface area contributed by atoms with Gasteiger partial charge in [-0.3, -0.25) is 10.1 Å². The number of amides is 1. The molecule has 0 bridgehead atoms. The van der Waals surface area contributed by atoms with E-state index in [2.05, 4.69) is 10.1 Å². The van der Waals surface area contributed by atoms with Crippen molar-refractivity contribution < 1.29 is 24.4 Å². The molecule has 0 saturated carbocycles. The molecule has 0 radical (unpaired) electrons. The van der Waals surface area contributed by atoms with Gasteiger partial charge in [0.2, 0.25) is 0 Å². The van der Waals surface area contributed by atoms with Crippen LogP contribution in [-0.4, -0.2) is 34.7 Å². The van der Waals surface area contributed by atoms with E-state index in [0.717, 1.165) is 0 Å². The number of carbonyl (C=O) groups is 2. The number of alkyl carbamates (subject to hydrolysis) is 1. The second-order valence-electron chi connectivity index (χ2n) is 3.88. The summed E-state index contributed by atoms with van der Waals surface area (Å²) < 4.78 is 4.61. The lowest BCUT2D eigenvalue weighted by atomic mass is 10.1. The number of ether oxygens (including phenoxy) is 1. The number of aliphatic carboxylic acids is 1. The highest BCUT2D eigenvalue weighted by molar-refractivity contribution is 5.80. The Morgan fingerprint density at radius 3 is 2.45 bits per heavy atom. The number of carbonyl (C=O) groups excluding carboxylic acids is 1. The molecule has 1 atom stereocenters. The van der Waals surface area contributed by atoms with Crippen molar-refractivity contribution in [2.24, 2.45) is 0 Å². The van der Waals surface area contributed by atoms with Crippen molar-refractivity contribution in [3.63, 3.8) is 0 Å². The summed E-state index contributed by atoms with van der Waals surface area (Å²) in [6.45, 7) is 1.74. The van der Waals surface area contributed by atoms with E-state index in [-0.39, 0.29) is 18.7 Å². The lowest BCUT2D eigenvalue weighted by molar-refractivity contribution is -0.384. The normalized spacial score (nSPS) is 11.4. The quantitative estimate of drug-likeness (QED) is 0.600. The van der Waals surface area contributed by atoms with Gasteiger partial charge in [0, 0.05) is 18.6 Å². The molecule has 0 aromatic heterocycles. The molecule has 0 aliphatic heterocycles. The van der Waals surface area contributed by atoms with Crippen molar-refractivity contribution in [2.45, 2.75) is 19.4 Å². The zero-order chi connectivity index (χ0) is 15.1. The number of benzene rings is 1. The lowest BCUT2D eigenvalue weighted by Gasteiger charge is -2.14. The van der Waals surface area contributed by atoms with Crippen molar-refractivity contribution >= 4 is 17.7 Å². The van der Waals surface area contributed by atoms with Crippen LogP contribution in [0.15, 0.2) is 24.3 Å². The highest BCUT2D eigenvalue weighted by Crippen LogP contribution is 2.13. The average Bonchev–Trinajstić information content (AvgIpc) is 2.38. The zero-order valence-electron chi connectivity index (χ0n) is 10.7. The highest BCUT2D eigenvalue weighted by Gasteiger charge is 2.21. The molecule has 20 heavy (non-hydrogen) atoms. The number of carboxylic acids is 1. The van der Waals surface area contributed by atoms with Crippen LogP contribution in [0.5, 0.6) is 0 Å². The molecule has 1 amide bonds. The summed E-state index contributed by atoms with van der Waals surface area (Å²) in [5, 5.41) is 21.7. The molecule has 0 fully saturated rings. The predicted molar refractivity (Wildman–Crippen MR) is 68.4 cm³/mol. The summed E-state index contributed by atoms with van der Waals surface area (Å²) in [6.07, 6.45) is -0.812. The molecule has 1 rings (SSSR count). The molecule has 1 aromatic carbocycles. The van der Waals surface area contributed by atoms with Gasteiger partial charge in [-0.05, 0) is 12.5 Å². The molecule has 8 heteroatoms. The first-order valence-electron chi connectivity index (χ1n) is 5.83. The number of non-ortho nitro benzene ring substituents is 1. The molecular weight excluding hydrogens is 268 g/mol. The summed E-state index contributed by atoms with van der Waals surface area (Å²) >= 11 is 0. The Bertz CT molecular complexity index is 499. The van der Waals surface area contributed by atoms with Crippen molar-refractivity contribution in [3.8, 4) is 0 Å². The maximum absolute atomic E-state index is 11.2. The number of nitrogens with zero attached hydrogens (tertiary/aromatic N) is 1. The smallest absolute Gasteiger partial charge is 0.407 e. The molecule has 0 unspecified atom stereocenters. The minimum absolute atomic E-state index is 0.00609. The minimum atomic E-state index is -1.21. The molecular formula is C12H14N2O6. The highest BCUT2D eigenvalue weighted by atomic mass is 16.6. The predicted octanol–water partition coefficient (Wildman–Crippen LogP) is 1.34. The van der Waals surface area contributed by atoms with Gasteiger partial charge in [0.15, 0.2) is 0 Å². The molecule has 0 spiro atoms. The van der Waals surface area contributed by atoms with Gasteiger partial charge in [-0.15, -0.1) is 0 Å². The molecule has 2 N–H and O–H groups in total. The van der Waals surface area contributed by atoms with Crippen LogP contribution in [0.4, 0.5) is 10.5 Å². The molecule has 0 aliphatic rings. The van der Waals surface area contributed by atoms with E-state index in [1.807, 2.05) is 0 Å². The molecule has 1 aromatic rings. The van der Waals surface area contributed by atoms with Crippen molar-refractivity contribution in [1.29, 1.82) is 0 Å². The number of hydrogen-bond acceptors (Lipinski definition) is 5. The van der Waals surface area contributed by atoms with Gasteiger partial charge < -0.3 is 15.2 Å². The van der Waals surface area contributed by atoms with E-state index in [9.17, 15) is 19.7 Å². The first kappa shape index (κ1) is 15.4. The standard InChI is InChI=1S/C12H14N2O6/c1-2-20-12(17)13-10(11(15)16)7-8-3-5-9(6-4-8)14(18)19/h3-6,10H,2,7H2,1H3,(H,13,17)(H,15,16)/t10-/m1/s1. The average molecular weight is 282 g/mol. The first-order chi connectivity index (χ1) is 9.43. The Hall–Kier alpha value is -2.64. The van der Waals surface area contributed by atoms with Crippen LogP contribution < -0.4 is 5.32 Å². The third-order valence-electron chi connectivity index (χ3n) is 2.45. The van der Waals surface area contributed by atoms with Gasteiger partial charge in [0.1, 0.15) is 6.04 Å². The third kappa shape index (κ3) is 4.56. The molecule has 8 nitrogen and oxygen atoms in total. The van der Waals surface area contributed by atoms with Crippen molar-refractivity contribution in [3.05, 3.63) is 39.9 Å². The molecule has 0 heterocycles. The summed E-state index contributed by atoms with van der Waals surface area (Å²) in [5.74, 6) is -1.21. The SMILES string of the molecule is CCOC(=O)N[C@H](Cc1ccc([N+](=O)[O-])cc1)C(=O)O. The number of carboxylic acid groups (broad SMARTS) is 1. The van der Waals surface area contributed by atoms with Crippen molar-refractivity contribution in [2.75, 3.05) is 6.61 Å². The fourth-order valence-corrected chi connectivity index (χ4v) is 1.50. The summed E-state index contributed by atoms with van der Waals surface area (Å²) in [4.78, 5) is 32.2. The fraction of sp³-hybridized carbons (Fsp3) is 0.333. The maximum atomic E-state index is 11.2. The van der Waals surface area contributed by atoms with E-state index in [4.69, 9.17) is 5.11 Å². The van der Waals surface area contributed by atoms with Crippen LogP contribution >= 0.6 is 0 Å². The maximum Gasteiger partial charge on any atom is 0.407 e. The number of nitrogens with one attached hydrogen (secondary N) is 1. The fourth-order valence-electron chi connectivity index (χ4n) is 1.50. The van der Waals surface area contributed by atoms with Crippen LogP contribution in [0.25, 0.3) is 0 Å². The molecule has 108 valence electrons. The Morgan fingerprint density at radius 1 is 1.40 bits per heavy atom. The number of nitro groups is 1. The summed E-state index contributed by atoms with van der Waals surface area (Å²) in [5.41, 5.74) is 0.471. The topological polar surface area (TPSA) is 119 Å². The summed E-state index contributed by atoms with van der Waals surface area (Å²) in [6, 6.07) is 4.29. The monoisotopic (exact) mass is 282 g/mol. The zero-order valence-corrected chi connectivity index (χ0v) is 10.7. The lowest BCUT2D eigenvalue weighted by Crippen LogP contribution is -2.42. The Labute approximate surface area is 114 Å². The Balaban J connectivity index is 2.72. The van der Waals surface area contributed by atoms with E-state index in [0.29, 0.717) is 5.56 Å². The third-order valence-corrected chi connectivity index (χ3v) is 2.45. The van der Waals surface area contributed by atoms with E-state index < -0.39 is 23.0 Å². The van der Waals surface area contributed by atoms with E-state index in [1.54, 1.807) is 6.92 Å². The Morgan fingerprint density at radius 2 is 2.00 bits per heavy atom. The van der Waals surface area contributed by atoms with Crippen LogP contribution in [0, 0.1) is 10.1 Å². The second-order valence-corrected chi connectivity index (χ2v) is 3.88. The molecule has 0 saturated heterocycles.